The molecule has 0 saturated carbocycles. The van der Waals surface area contributed by atoms with Gasteiger partial charge < -0.3 is 11.1 Å². The molecule has 1 atom stereocenters. The number of aromatic nitrogens is 2. The molecule has 0 aliphatic heterocycles. The summed E-state index contributed by atoms with van der Waals surface area (Å²) in [6, 6.07) is 9.59. The zero-order valence-electron chi connectivity index (χ0n) is 11.1. The molecule has 0 radical (unpaired) electrons. The summed E-state index contributed by atoms with van der Waals surface area (Å²) >= 11 is 0. The summed E-state index contributed by atoms with van der Waals surface area (Å²) in [5.41, 5.74) is 8.38. The lowest BCUT2D eigenvalue weighted by Crippen LogP contribution is -2.18. The maximum atomic E-state index is 11.5. The van der Waals surface area contributed by atoms with Crippen molar-refractivity contribution in [3.05, 3.63) is 47.8 Å². The van der Waals surface area contributed by atoms with Crippen LogP contribution in [0.5, 0.6) is 0 Å². The van der Waals surface area contributed by atoms with E-state index in [4.69, 9.17) is 5.73 Å². The zero-order valence-corrected chi connectivity index (χ0v) is 11.1. The Labute approximate surface area is 112 Å². The predicted octanol–water partition coefficient (Wildman–Crippen LogP) is 1.64. The van der Waals surface area contributed by atoms with Gasteiger partial charge >= 0.3 is 0 Å². The van der Waals surface area contributed by atoms with Crippen molar-refractivity contribution in [1.29, 1.82) is 0 Å². The van der Waals surface area contributed by atoms with E-state index in [9.17, 15) is 4.79 Å². The Bertz CT molecular complexity index is 576. The number of hydrogen-bond donors (Lipinski definition) is 2. The SMILES string of the molecule is CCC(N)c1cccc(-n2ccc(C(=O)NC)n2)c1. The second-order valence-corrected chi connectivity index (χ2v) is 4.33. The molecule has 1 aromatic heterocycles. The Morgan fingerprint density at radius 1 is 1.47 bits per heavy atom. The van der Waals surface area contributed by atoms with Crippen LogP contribution in [0.15, 0.2) is 36.5 Å². The lowest BCUT2D eigenvalue weighted by molar-refractivity contribution is 0.0957. The van der Waals surface area contributed by atoms with Crippen molar-refractivity contribution in [3.63, 3.8) is 0 Å². The number of nitrogens with zero attached hydrogens (tertiary/aromatic N) is 2. The number of hydrogen-bond acceptors (Lipinski definition) is 3. The summed E-state index contributed by atoms with van der Waals surface area (Å²) in [7, 11) is 1.59. The first-order valence-corrected chi connectivity index (χ1v) is 6.29. The van der Waals surface area contributed by atoms with Gasteiger partial charge in [-0.25, -0.2) is 4.68 Å². The van der Waals surface area contributed by atoms with E-state index < -0.39 is 0 Å². The summed E-state index contributed by atoms with van der Waals surface area (Å²) in [5.74, 6) is -0.194. The van der Waals surface area contributed by atoms with E-state index >= 15 is 0 Å². The van der Waals surface area contributed by atoms with Crippen LogP contribution >= 0.6 is 0 Å². The minimum absolute atomic E-state index is 0.0222. The topological polar surface area (TPSA) is 72.9 Å². The Hall–Kier alpha value is -2.14. The molecule has 19 heavy (non-hydrogen) atoms. The van der Waals surface area contributed by atoms with Gasteiger partial charge in [0, 0.05) is 19.3 Å². The lowest BCUT2D eigenvalue weighted by atomic mass is 10.1. The Morgan fingerprint density at radius 3 is 2.95 bits per heavy atom. The molecule has 1 unspecified atom stereocenters. The first-order chi connectivity index (χ1) is 9.15. The molecule has 5 heteroatoms. The van der Waals surface area contributed by atoms with Crippen LogP contribution in [0.1, 0.15) is 35.4 Å². The molecule has 0 bridgehead atoms. The summed E-state index contributed by atoms with van der Waals surface area (Å²) in [4.78, 5) is 11.5. The van der Waals surface area contributed by atoms with E-state index in [1.165, 1.54) is 0 Å². The molecule has 5 nitrogen and oxygen atoms in total. The highest BCUT2D eigenvalue weighted by Crippen LogP contribution is 2.17. The van der Waals surface area contributed by atoms with E-state index in [1.54, 1.807) is 24.0 Å². The van der Waals surface area contributed by atoms with Crippen molar-refractivity contribution in [2.24, 2.45) is 5.73 Å². The van der Waals surface area contributed by atoms with E-state index in [0.717, 1.165) is 17.7 Å². The minimum Gasteiger partial charge on any atom is -0.354 e. The number of amides is 1. The quantitative estimate of drug-likeness (QED) is 0.875. The highest BCUT2D eigenvalue weighted by Gasteiger charge is 2.09. The van der Waals surface area contributed by atoms with E-state index in [-0.39, 0.29) is 11.9 Å². The summed E-state index contributed by atoms with van der Waals surface area (Å²) < 4.78 is 1.68. The van der Waals surface area contributed by atoms with Gasteiger partial charge in [-0.15, -0.1) is 0 Å². The van der Waals surface area contributed by atoms with Gasteiger partial charge in [-0.05, 0) is 30.2 Å². The average molecular weight is 258 g/mol. The van der Waals surface area contributed by atoms with Gasteiger partial charge in [-0.2, -0.15) is 5.10 Å². The normalized spacial score (nSPS) is 12.2. The fraction of sp³-hybridized carbons (Fsp3) is 0.286. The molecule has 0 aliphatic rings. The van der Waals surface area contributed by atoms with Gasteiger partial charge in [0.25, 0.3) is 5.91 Å². The van der Waals surface area contributed by atoms with E-state index in [2.05, 4.69) is 17.3 Å². The molecule has 1 heterocycles. The smallest absolute Gasteiger partial charge is 0.271 e. The maximum Gasteiger partial charge on any atom is 0.271 e. The van der Waals surface area contributed by atoms with Gasteiger partial charge in [0.15, 0.2) is 5.69 Å². The van der Waals surface area contributed by atoms with Gasteiger partial charge in [0.1, 0.15) is 0 Å². The van der Waals surface area contributed by atoms with Crippen molar-refractivity contribution >= 4 is 5.91 Å². The van der Waals surface area contributed by atoms with Crippen LogP contribution in [0.25, 0.3) is 5.69 Å². The Balaban J connectivity index is 2.31. The third-order valence-electron chi connectivity index (χ3n) is 3.05. The van der Waals surface area contributed by atoms with Gasteiger partial charge in [-0.3, -0.25) is 4.79 Å². The third kappa shape index (κ3) is 2.82. The van der Waals surface area contributed by atoms with E-state index in [0.29, 0.717) is 5.69 Å². The number of nitrogens with one attached hydrogen (secondary N) is 1. The first kappa shape index (κ1) is 13.3. The first-order valence-electron chi connectivity index (χ1n) is 6.29. The van der Waals surface area contributed by atoms with Crippen LogP contribution in [0, 0.1) is 0 Å². The molecule has 1 aromatic carbocycles. The van der Waals surface area contributed by atoms with Crippen LogP contribution in [0.3, 0.4) is 0 Å². The zero-order chi connectivity index (χ0) is 13.8. The minimum atomic E-state index is -0.194. The standard InChI is InChI=1S/C14H18N4O/c1-3-12(15)10-5-4-6-11(9-10)18-8-7-13(17-18)14(19)16-2/h4-9,12H,3,15H2,1-2H3,(H,16,19). The predicted molar refractivity (Wildman–Crippen MR) is 74.2 cm³/mol. The van der Waals surface area contributed by atoms with Crippen LogP contribution in [-0.4, -0.2) is 22.7 Å². The lowest BCUT2D eigenvalue weighted by Gasteiger charge is -2.10. The van der Waals surface area contributed by atoms with Gasteiger partial charge in [-0.1, -0.05) is 19.1 Å². The molecule has 2 aromatic rings. The van der Waals surface area contributed by atoms with Crippen LogP contribution in [0.4, 0.5) is 0 Å². The summed E-state index contributed by atoms with van der Waals surface area (Å²) in [6.07, 6.45) is 2.65. The summed E-state index contributed by atoms with van der Waals surface area (Å²) in [5, 5.41) is 6.79. The highest BCUT2D eigenvalue weighted by molar-refractivity contribution is 5.91. The Kier molecular flexibility index (Phi) is 3.97. The van der Waals surface area contributed by atoms with Crippen molar-refractivity contribution in [1.82, 2.24) is 15.1 Å². The fourth-order valence-electron chi connectivity index (χ4n) is 1.85. The number of nitrogens with two attached hydrogens (primary N) is 1. The number of rotatable bonds is 4. The van der Waals surface area contributed by atoms with Gasteiger partial charge in [0.05, 0.1) is 5.69 Å². The molecule has 0 aliphatic carbocycles. The van der Waals surface area contributed by atoms with Gasteiger partial charge in [0.2, 0.25) is 0 Å². The molecular weight excluding hydrogens is 240 g/mol. The molecule has 3 N–H and O–H groups in total. The van der Waals surface area contributed by atoms with Crippen molar-refractivity contribution in [2.75, 3.05) is 7.05 Å². The molecular formula is C14H18N4O. The largest absolute Gasteiger partial charge is 0.354 e. The summed E-state index contributed by atoms with van der Waals surface area (Å²) in [6.45, 7) is 2.05. The molecule has 0 fully saturated rings. The molecule has 2 rings (SSSR count). The van der Waals surface area contributed by atoms with Crippen molar-refractivity contribution < 1.29 is 4.79 Å². The van der Waals surface area contributed by atoms with E-state index in [1.807, 2.05) is 24.3 Å². The van der Waals surface area contributed by atoms with Crippen LogP contribution in [-0.2, 0) is 0 Å². The van der Waals surface area contributed by atoms with Crippen molar-refractivity contribution in [3.8, 4) is 5.69 Å². The maximum absolute atomic E-state index is 11.5. The second-order valence-electron chi connectivity index (χ2n) is 4.33. The van der Waals surface area contributed by atoms with Crippen molar-refractivity contribution in [2.45, 2.75) is 19.4 Å². The van der Waals surface area contributed by atoms with Crippen LogP contribution < -0.4 is 11.1 Å². The number of benzene rings is 1. The fourth-order valence-corrected chi connectivity index (χ4v) is 1.85. The Morgan fingerprint density at radius 2 is 2.26 bits per heavy atom. The second kappa shape index (κ2) is 5.67. The average Bonchev–Trinajstić information content (AvgIpc) is 2.95. The molecule has 0 spiro atoms. The third-order valence-corrected chi connectivity index (χ3v) is 3.05. The number of carbonyl (C=O) groups is 1. The molecule has 0 saturated heterocycles. The highest BCUT2D eigenvalue weighted by atomic mass is 16.1. The number of carbonyl (C=O) groups excluding carboxylic acids is 1. The monoisotopic (exact) mass is 258 g/mol. The molecule has 100 valence electrons. The van der Waals surface area contributed by atoms with Crippen LogP contribution in [0.2, 0.25) is 0 Å². The molecule has 1 amide bonds.